The molecule has 4 heterocycles. The molecular formula is C28H32N4O4. The van der Waals surface area contributed by atoms with Crippen LogP contribution in [0.15, 0.2) is 54.7 Å². The lowest BCUT2D eigenvalue weighted by atomic mass is 10.0. The fraction of sp³-hybridized carbons (Fsp3) is 0.393. The van der Waals surface area contributed by atoms with E-state index in [1.54, 1.807) is 19.4 Å². The predicted molar refractivity (Wildman–Crippen MR) is 135 cm³/mol. The molecule has 36 heavy (non-hydrogen) atoms. The van der Waals surface area contributed by atoms with Crippen LogP contribution in [0, 0.1) is 0 Å². The van der Waals surface area contributed by atoms with Crippen LogP contribution in [0.3, 0.4) is 0 Å². The molecule has 1 N–H and O–H groups in total. The van der Waals surface area contributed by atoms with Crippen molar-refractivity contribution in [2.24, 2.45) is 0 Å². The lowest BCUT2D eigenvalue weighted by molar-refractivity contribution is 0.0675. The number of aromatic nitrogens is 2. The molecule has 0 unspecified atom stereocenters. The van der Waals surface area contributed by atoms with E-state index in [0.29, 0.717) is 43.4 Å². The van der Waals surface area contributed by atoms with Gasteiger partial charge in [-0.1, -0.05) is 43.3 Å². The maximum absolute atomic E-state index is 13.8. The first-order valence-electron chi connectivity index (χ1n) is 12.6. The molecular weight excluding hydrogens is 456 g/mol. The maximum atomic E-state index is 13.8. The third-order valence-electron chi connectivity index (χ3n) is 7.15. The van der Waals surface area contributed by atoms with Gasteiger partial charge in [0.05, 0.1) is 43.7 Å². The van der Waals surface area contributed by atoms with E-state index in [1.807, 2.05) is 58.9 Å². The highest BCUT2D eigenvalue weighted by Crippen LogP contribution is 2.34. The molecule has 1 aromatic carbocycles. The summed E-state index contributed by atoms with van der Waals surface area (Å²) in [6.45, 7) is 4.08. The minimum atomic E-state index is -0.184. The number of amides is 2. The van der Waals surface area contributed by atoms with Gasteiger partial charge in [-0.15, -0.1) is 0 Å². The van der Waals surface area contributed by atoms with Crippen molar-refractivity contribution in [3.05, 3.63) is 82.8 Å². The van der Waals surface area contributed by atoms with E-state index in [2.05, 4.69) is 10.3 Å². The number of carbonyl (C=O) groups excluding carboxylic acids is 2. The van der Waals surface area contributed by atoms with Crippen LogP contribution in [0.1, 0.15) is 75.9 Å². The van der Waals surface area contributed by atoms with E-state index < -0.39 is 0 Å². The highest BCUT2D eigenvalue weighted by Gasteiger charge is 2.35. The Bertz CT molecular complexity index is 1220. The molecule has 0 saturated carbocycles. The zero-order valence-electron chi connectivity index (χ0n) is 20.8. The zero-order valence-corrected chi connectivity index (χ0v) is 20.8. The van der Waals surface area contributed by atoms with Gasteiger partial charge in [0, 0.05) is 25.4 Å². The first kappa shape index (κ1) is 24.1. The second-order valence-corrected chi connectivity index (χ2v) is 9.23. The van der Waals surface area contributed by atoms with Crippen LogP contribution in [0.4, 0.5) is 0 Å². The Morgan fingerprint density at radius 3 is 2.75 bits per heavy atom. The third-order valence-corrected chi connectivity index (χ3v) is 7.15. The van der Waals surface area contributed by atoms with Crippen molar-refractivity contribution in [1.29, 1.82) is 0 Å². The molecule has 2 aliphatic rings. The molecule has 8 heteroatoms. The summed E-state index contributed by atoms with van der Waals surface area (Å²) in [5.41, 5.74) is 3.85. The molecule has 3 aromatic rings. The molecule has 0 spiro atoms. The fourth-order valence-corrected chi connectivity index (χ4v) is 5.25. The minimum Gasteiger partial charge on any atom is -0.481 e. The van der Waals surface area contributed by atoms with Gasteiger partial charge < -0.3 is 24.3 Å². The average Bonchev–Trinajstić information content (AvgIpc) is 3.57. The van der Waals surface area contributed by atoms with Gasteiger partial charge in [-0.2, -0.15) is 0 Å². The molecule has 2 aliphatic heterocycles. The van der Waals surface area contributed by atoms with E-state index >= 15 is 0 Å². The molecule has 2 atom stereocenters. The van der Waals surface area contributed by atoms with Crippen LogP contribution >= 0.6 is 0 Å². The number of nitrogens with zero attached hydrogens (tertiary/aromatic N) is 3. The molecule has 1 fully saturated rings. The summed E-state index contributed by atoms with van der Waals surface area (Å²) in [4.78, 5) is 33.5. The summed E-state index contributed by atoms with van der Waals surface area (Å²) in [6, 6.07) is 15.3. The van der Waals surface area contributed by atoms with Gasteiger partial charge >= 0.3 is 0 Å². The number of hydrogen-bond donors (Lipinski definition) is 1. The van der Waals surface area contributed by atoms with E-state index in [4.69, 9.17) is 9.47 Å². The Labute approximate surface area is 211 Å². The monoisotopic (exact) mass is 488 g/mol. The maximum Gasteiger partial charge on any atom is 0.271 e. The smallest absolute Gasteiger partial charge is 0.271 e. The highest BCUT2D eigenvalue weighted by atomic mass is 16.5. The van der Waals surface area contributed by atoms with E-state index in [1.165, 1.54) is 0 Å². The van der Waals surface area contributed by atoms with Gasteiger partial charge in [-0.25, -0.2) is 4.98 Å². The van der Waals surface area contributed by atoms with Crippen LogP contribution in [-0.4, -0.2) is 46.5 Å². The Morgan fingerprint density at radius 1 is 1.19 bits per heavy atom. The Kier molecular flexibility index (Phi) is 7.04. The molecule has 0 radical (unpaired) electrons. The first-order valence-corrected chi connectivity index (χ1v) is 12.6. The number of likely N-dealkylation sites (tertiary alicyclic amines) is 1. The summed E-state index contributed by atoms with van der Waals surface area (Å²) >= 11 is 0. The molecule has 1 saturated heterocycles. The van der Waals surface area contributed by atoms with Gasteiger partial charge in [0.15, 0.2) is 0 Å². The zero-order chi connectivity index (χ0) is 25.1. The van der Waals surface area contributed by atoms with Crippen molar-refractivity contribution in [2.75, 3.05) is 20.3 Å². The summed E-state index contributed by atoms with van der Waals surface area (Å²) < 4.78 is 12.8. The number of rotatable bonds is 7. The van der Waals surface area contributed by atoms with Gasteiger partial charge in [0.25, 0.3) is 11.8 Å². The molecule has 188 valence electrons. The van der Waals surface area contributed by atoms with E-state index in [-0.39, 0.29) is 23.9 Å². The van der Waals surface area contributed by atoms with Crippen molar-refractivity contribution in [3.63, 3.8) is 0 Å². The standard InChI is InChI=1S/C28H32N4O4/c1-3-22(19-8-5-4-6-9-19)30-27(33)21-16-24(31-14-15-36-18-25(21)31)28(34)32-13-7-10-23(32)20-11-12-26(35-2)29-17-20/h4-6,8-9,11-12,16-17,22-23H,3,7,10,13-15,18H2,1-2H3,(H,30,33)/t22-,23-/m1/s1. The van der Waals surface area contributed by atoms with Crippen LogP contribution in [0.5, 0.6) is 5.88 Å². The Morgan fingerprint density at radius 2 is 2.03 bits per heavy atom. The van der Waals surface area contributed by atoms with Crippen LogP contribution in [0.25, 0.3) is 0 Å². The van der Waals surface area contributed by atoms with Gasteiger partial charge in [0.1, 0.15) is 5.69 Å². The van der Waals surface area contributed by atoms with Gasteiger partial charge in [0.2, 0.25) is 5.88 Å². The predicted octanol–water partition coefficient (Wildman–Crippen LogP) is 4.28. The normalized spacial score (nSPS) is 17.9. The van der Waals surface area contributed by atoms with Crippen molar-refractivity contribution in [2.45, 2.75) is 51.4 Å². The van der Waals surface area contributed by atoms with E-state index in [9.17, 15) is 9.59 Å². The quantitative estimate of drug-likeness (QED) is 0.537. The number of carbonyl (C=O) groups is 2. The SMILES string of the molecule is CC[C@@H](NC(=O)c1cc(C(=O)N2CCC[C@@H]2c2ccc(OC)nc2)n2c1COCC2)c1ccccc1. The summed E-state index contributed by atoms with van der Waals surface area (Å²) in [5, 5.41) is 3.16. The largest absolute Gasteiger partial charge is 0.481 e. The average molecular weight is 489 g/mol. The number of nitrogens with one attached hydrogen (secondary N) is 1. The van der Waals surface area contributed by atoms with Crippen molar-refractivity contribution < 1.29 is 19.1 Å². The van der Waals surface area contributed by atoms with Crippen LogP contribution in [0.2, 0.25) is 0 Å². The number of pyridine rings is 1. The van der Waals surface area contributed by atoms with Crippen molar-refractivity contribution in [3.8, 4) is 5.88 Å². The number of fused-ring (bicyclic) bond motifs is 1. The van der Waals surface area contributed by atoms with Crippen molar-refractivity contribution >= 4 is 11.8 Å². The highest BCUT2D eigenvalue weighted by molar-refractivity contribution is 6.01. The number of hydrogen-bond acceptors (Lipinski definition) is 5. The lowest BCUT2D eigenvalue weighted by Gasteiger charge is -2.26. The summed E-state index contributed by atoms with van der Waals surface area (Å²) in [7, 11) is 1.59. The van der Waals surface area contributed by atoms with Crippen LogP contribution in [-0.2, 0) is 17.9 Å². The minimum absolute atomic E-state index is 0.0540. The third kappa shape index (κ3) is 4.60. The lowest BCUT2D eigenvalue weighted by Crippen LogP contribution is -2.33. The summed E-state index contributed by atoms with van der Waals surface area (Å²) in [6.07, 6.45) is 4.34. The van der Waals surface area contributed by atoms with E-state index in [0.717, 1.165) is 36.1 Å². The molecule has 8 nitrogen and oxygen atoms in total. The van der Waals surface area contributed by atoms with Crippen LogP contribution < -0.4 is 10.1 Å². The molecule has 0 aliphatic carbocycles. The molecule has 2 amide bonds. The first-order chi connectivity index (χ1) is 17.6. The fourth-order valence-electron chi connectivity index (χ4n) is 5.25. The molecule has 0 bridgehead atoms. The van der Waals surface area contributed by atoms with Crippen molar-refractivity contribution in [1.82, 2.24) is 19.8 Å². The Balaban J connectivity index is 1.42. The number of ether oxygens (including phenoxy) is 2. The second-order valence-electron chi connectivity index (χ2n) is 9.23. The number of methoxy groups -OCH3 is 1. The number of benzene rings is 1. The van der Waals surface area contributed by atoms with Gasteiger partial charge in [-0.05, 0) is 36.5 Å². The molecule has 5 rings (SSSR count). The second kappa shape index (κ2) is 10.5. The Hall–Kier alpha value is -3.65. The summed E-state index contributed by atoms with van der Waals surface area (Å²) in [5.74, 6) is 0.300. The topological polar surface area (TPSA) is 85.7 Å². The molecule has 2 aromatic heterocycles. The van der Waals surface area contributed by atoms with Gasteiger partial charge in [-0.3, -0.25) is 9.59 Å².